The molecule has 1 aromatic carbocycles. The Morgan fingerprint density at radius 1 is 1.14 bits per heavy atom. The van der Waals surface area contributed by atoms with E-state index >= 15 is 0 Å². The first kappa shape index (κ1) is 16.5. The van der Waals surface area contributed by atoms with Gasteiger partial charge in [0.2, 0.25) is 0 Å². The van der Waals surface area contributed by atoms with Gasteiger partial charge in [-0.3, -0.25) is 0 Å². The first-order chi connectivity index (χ1) is 10.1. The molecule has 0 saturated heterocycles. The first-order valence-corrected chi connectivity index (χ1v) is 7.71. The zero-order chi connectivity index (χ0) is 15.4. The summed E-state index contributed by atoms with van der Waals surface area (Å²) in [4.78, 5) is 8.66. The van der Waals surface area contributed by atoms with Gasteiger partial charge in [-0.05, 0) is 24.1 Å². The Labute approximate surface area is 139 Å². The Morgan fingerprint density at radius 2 is 1.81 bits per heavy atom. The molecule has 112 valence electrons. The maximum absolute atomic E-state index is 6.29. The highest BCUT2D eigenvalue weighted by Crippen LogP contribution is 2.35. The van der Waals surface area contributed by atoms with Crippen molar-refractivity contribution < 1.29 is 4.74 Å². The van der Waals surface area contributed by atoms with Gasteiger partial charge in [0.25, 0.3) is 0 Å². The van der Waals surface area contributed by atoms with Gasteiger partial charge in [-0.1, -0.05) is 60.3 Å². The Kier molecular flexibility index (Phi) is 5.82. The summed E-state index contributed by atoms with van der Waals surface area (Å²) in [5.41, 5.74) is 1.37. The van der Waals surface area contributed by atoms with Gasteiger partial charge in [0.05, 0.1) is 5.56 Å². The van der Waals surface area contributed by atoms with Crippen LogP contribution in [0, 0.1) is 0 Å². The second-order valence-electron chi connectivity index (χ2n) is 4.56. The first-order valence-electron chi connectivity index (χ1n) is 6.58. The number of rotatable bonds is 5. The van der Waals surface area contributed by atoms with Gasteiger partial charge in [0.15, 0.2) is 5.82 Å². The maximum atomic E-state index is 6.29. The number of ether oxygens (including phenoxy) is 1. The molecule has 0 radical (unpaired) electrons. The minimum Gasteiger partial charge on any atom is -0.373 e. The van der Waals surface area contributed by atoms with Crippen molar-refractivity contribution in [2.45, 2.75) is 25.9 Å². The van der Waals surface area contributed by atoms with E-state index in [2.05, 4.69) is 16.9 Å². The van der Waals surface area contributed by atoms with Crippen molar-refractivity contribution >= 4 is 34.8 Å². The number of hydrogen-bond donors (Lipinski definition) is 0. The number of aromatic nitrogens is 2. The van der Waals surface area contributed by atoms with E-state index in [1.807, 2.05) is 12.1 Å². The van der Waals surface area contributed by atoms with Gasteiger partial charge < -0.3 is 4.74 Å². The molecule has 0 saturated carbocycles. The molecule has 6 heteroatoms. The average molecular weight is 346 g/mol. The minimum atomic E-state index is -0.210. The lowest BCUT2D eigenvalue weighted by Gasteiger charge is -2.15. The molecule has 0 amide bonds. The molecule has 3 nitrogen and oxygen atoms in total. The highest BCUT2D eigenvalue weighted by atomic mass is 35.5. The highest BCUT2D eigenvalue weighted by Gasteiger charge is 2.19. The van der Waals surface area contributed by atoms with E-state index in [0.29, 0.717) is 26.7 Å². The fourth-order valence-electron chi connectivity index (χ4n) is 2.06. The van der Waals surface area contributed by atoms with Gasteiger partial charge in [0, 0.05) is 12.1 Å². The summed E-state index contributed by atoms with van der Waals surface area (Å²) < 4.78 is 5.39. The molecule has 0 aliphatic heterocycles. The molecule has 0 aliphatic rings. The van der Waals surface area contributed by atoms with Crippen molar-refractivity contribution in [3.05, 3.63) is 45.4 Å². The predicted octanol–water partition coefficient (Wildman–Crippen LogP) is 5.59. The smallest absolute Gasteiger partial charge is 0.160 e. The Hall–Kier alpha value is -0.870. The van der Waals surface area contributed by atoms with Crippen LogP contribution in [0.1, 0.15) is 31.7 Å². The van der Waals surface area contributed by atoms with E-state index in [1.165, 1.54) is 0 Å². The second kappa shape index (κ2) is 7.41. The summed E-state index contributed by atoms with van der Waals surface area (Å²) in [6.07, 6.45) is 1.55. The number of hydrogen-bond acceptors (Lipinski definition) is 3. The van der Waals surface area contributed by atoms with Crippen LogP contribution < -0.4 is 0 Å². The van der Waals surface area contributed by atoms with Crippen LogP contribution >= 0.6 is 34.8 Å². The van der Waals surface area contributed by atoms with Crippen LogP contribution in [0.25, 0.3) is 11.1 Å². The molecule has 1 atom stereocenters. The molecule has 1 aromatic heterocycles. The molecular weight excluding hydrogens is 331 g/mol. The molecule has 2 rings (SSSR count). The molecule has 0 fully saturated rings. The zero-order valence-corrected chi connectivity index (χ0v) is 14.0. The van der Waals surface area contributed by atoms with E-state index in [1.54, 1.807) is 19.2 Å². The Morgan fingerprint density at radius 3 is 2.33 bits per heavy atom. The average Bonchev–Trinajstić information content (AvgIpc) is 2.44. The Balaban J connectivity index is 2.47. The molecule has 0 spiro atoms. The molecule has 0 N–H and O–H groups in total. The van der Waals surface area contributed by atoms with Gasteiger partial charge >= 0.3 is 0 Å². The molecule has 0 aliphatic carbocycles. The van der Waals surface area contributed by atoms with E-state index in [-0.39, 0.29) is 6.10 Å². The summed E-state index contributed by atoms with van der Waals surface area (Å²) >= 11 is 18.6. The SMILES string of the molecule is CCCC(OC)c1nc(Cl)c(-c2cccc(Cl)c2)c(Cl)n1. The minimum absolute atomic E-state index is 0.210. The van der Waals surface area contributed by atoms with Gasteiger partial charge in [0.1, 0.15) is 16.4 Å². The largest absolute Gasteiger partial charge is 0.373 e. The third kappa shape index (κ3) is 3.86. The predicted molar refractivity (Wildman–Crippen MR) is 87.2 cm³/mol. The summed E-state index contributed by atoms with van der Waals surface area (Å²) in [6, 6.07) is 7.25. The summed E-state index contributed by atoms with van der Waals surface area (Å²) in [5, 5.41) is 1.19. The lowest BCUT2D eigenvalue weighted by Crippen LogP contribution is -2.08. The van der Waals surface area contributed by atoms with Crippen LogP contribution in [0.5, 0.6) is 0 Å². The third-order valence-corrected chi connectivity index (χ3v) is 3.86. The van der Waals surface area contributed by atoms with Crippen LogP contribution in [0.4, 0.5) is 0 Å². The van der Waals surface area contributed by atoms with Crippen molar-refractivity contribution in [2.24, 2.45) is 0 Å². The third-order valence-electron chi connectivity index (χ3n) is 3.07. The number of methoxy groups -OCH3 is 1. The summed E-state index contributed by atoms with van der Waals surface area (Å²) in [5.74, 6) is 0.500. The monoisotopic (exact) mass is 344 g/mol. The van der Waals surface area contributed by atoms with Crippen LogP contribution in [-0.2, 0) is 4.74 Å². The molecule has 2 aromatic rings. The molecule has 21 heavy (non-hydrogen) atoms. The number of nitrogens with zero attached hydrogens (tertiary/aromatic N) is 2. The zero-order valence-electron chi connectivity index (χ0n) is 11.7. The standard InChI is InChI=1S/C15H15Cl3N2O/c1-3-5-11(21-2)15-19-13(17)12(14(18)20-15)9-6-4-7-10(16)8-9/h4,6-8,11H,3,5H2,1-2H3. The fourth-order valence-corrected chi connectivity index (χ4v) is 2.87. The van der Waals surface area contributed by atoms with Crippen LogP contribution in [0.2, 0.25) is 15.3 Å². The van der Waals surface area contributed by atoms with E-state index < -0.39 is 0 Å². The number of halogens is 3. The van der Waals surface area contributed by atoms with E-state index in [0.717, 1.165) is 18.4 Å². The molecule has 1 unspecified atom stereocenters. The number of benzene rings is 1. The van der Waals surface area contributed by atoms with Crippen molar-refractivity contribution in [1.29, 1.82) is 0 Å². The highest BCUT2D eigenvalue weighted by molar-refractivity contribution is 6.38. The topological polar surface area (TPSA) is 35.0 Å². The van der Waals surface area contributed by atoms with Crippen molar-refractivity contribution in [3.63, 3.8) is 0 Å². The molecule has 1 heterocycles. The van der Waals surface area contributed by atoms with Crippen LogP contribution in [0.15, 0.2) is 24.3 Å². The van der Waals surface area contributed by atoms with Gasteiger partial charge in [-0.25, -0.2) is 9.97 Å². The second-order valence-corrected chi connectivity index (χ2v) is 5.71. The van der Waals surface area contributed by atoms with Gasteiger partial charge in [-0.15, -0.1) is 0 Å². The van der Waals surface area contributed by atoms with E-state index in [9.17, 15) is 0 Å². The van der Waals surface area contributed by atoms with Crippen molar-refractivity contribution in [2.75, 3.05) is 7.11 Å². The fraction of sp³-hybridized carbons (Fsp3) is 0.333. The van der Waals surface area contributed by atoms with Gasteiger partial charge in [-0.2, -0.15) is 0 Å². The quantitative estimate of drug-likeness (QED) is 0.662. The lowest BCUT2D eigenvalue weighted by atomic mass is 10.1. The lowest BCUT2D eigenvalue weighted by molar-refractivity contribution is 0.0876. The normalized spacial score (nSPS) is 12.4. The summed E-state index contributed by atoms with van der Waals surface area (Å²) in [6.45, 7) is 2.07. The Bertz CT molecular complexity index is 611. The van der Waals surface area contributed by atoms with Crippen molar-refractivity contribution in [1.82, 2.24) is 9.97 Å². The van der Waals surface area contributed by atoms with Crippen molar-refractivity contribution in [3.8, 4) is 11.1 Å². The van der Waals surface area contributed by atoms with Crippen LogP contribution in [-0.4, -0.2) is 17.1 Å². The van der Waals surface area contributed by atoms with Crippen LogP contribution in [0.3, 0.4) is 0 Å². The maximum Gasteiger partial charge on any atom is 0.160 e. The molecule has 0 bridgehead atoms. The van der Waals surface area contributed by atoms with E-state index in [4.69, 9.17) is 39.5 Å². The molecular formula is C15H15Cl3N2O. The summed E-state index contributed by atoms with van der Waals surface area (Å²) in [7, 11) is 1.62.